The Morgan fingerprint density at radius 3 is 2.46 bits per heavy atom. The minimum atomic E-state index is -0.519. The van der Waals surface area contributed by atoms with Crippen molar-refractivity contribution in [2.24, 2.45) is 0 Å². The fourth-order valence-electron chi connectivity index (χ4n) is 2.75. The fourth-order valence-corrected chi connectivity index (χ4v) is 3.11. The maximum atomic E-state index is 13.9. The Bertz CT molecular complexity index is 674. The second kappa shape index (κ2) is 8.94. The van der Waals surface area contributed by atoms with E-state index < -0.39 is 11.7 Å². The van der Waals surface area contributed by atoms with Crippen LogP contribution in [0.4, 0.5) is 4.39 Å². The normalized spacial score (nSPS) is 12.2. The van der Waals surface area contributed by atoms with Crippen molar-refractivity contribution in [2.45, 2.75) is 19.9 Å². The molecule has 3 nitrogen and oxygen atoms in total. The molecule has 1 atom stereocenters. The molecule has 1 N–H and O–H groups in total. The van der Waals surface area contributed by atoms with E-state index >= 15 is 0 Å². The molecule has 1 amide bonds. The summed E-state index contributed by atoms with van der Waals surface area (Å²) in [7, 11) is 0. The first-order valence-electron chi connectivity index (χ1n) is 8.09. The Labute approximate surface area is 151 Å². The van der Waals surface area contributed by atoms with Crippen molar-refractivity contribution in [1.82, 2.24) is 10.2 Å². The standard InChI is InChI=1S/C19H22BrFN2O/c1-3-23(4-2)18(14-8-6-5-7-9-14)13-22-19(24)16-12-15(20)10-11-17(16)21/h5-12,18H,3-4,13H2,1-2H3,(H,22,24). The van der Waals surface area contributed by atoms with Crippen molar-refractivity contribution in [3.05, 3.63) is 69.9 Å². The van der Waals surface area contributed by atoms with Crippen molar-refractivity contribution in [1.29, 1.82) is 0 Å². The third kappa shape index (κ3) is 4.65. The van der Waals surface area contributed by atoms with Crippen molar-refractivity contribution in [3.63, 3.8) is 0 Å². The predicted molar refractivity (Wildman–Crippen MR) is 98.5 cm³/mol. The summed E-state index contributed by atoms with van der Waals surface area (Å²) in [6.45, 7) is 6.36. The molecule has 0 heterocycles. The second-order valence-corrected chi connectivity index (χ2v) is 6.40. The average molecular weight is 393 g/mol. The van der Waals surface area contributed by atoms with Gasteiger partial charge in [-0.05, 0) is 36.9 Å². The van der Waals surface area contributed by atoms with E-state index in [2.05, 4.69) is 52.1 Å². The molecule has 5 heteroatoms. The number of nitrogens with one attached hydrogen (secondary N) is 1. The Morgan fingerprint density at radius 1 is 1.17 bits per heavy atom. The van der Waals surface area contributed by atoms with Gasteiger partial charge in [-0.1, -0.05) is 60.1 Å². The van der Waals surface area contributed by atoms with Crippen molar-refractivity contribution in [3.8, 4) is 0 Å². The average Bonchev–Trinajstić information content (AvgIpc) is 2.61. The first kappa shape index (κ1) is 18.6. The van der Waals surface area contributed by atoms with Crippen LogP contribution in [0.15, 0.2) is 53.0 Å². The molecule has 0 spiro atoms. The van der Waals surface area contributed by atoms with E-state index in [1.807, 2.05) is 18.2 Å². The maximum absolute atomic E-state index is 13.9. The van der Waals surface area contributed by atoms with E-state index in [4.69, 9.17) is 0 Å². The molecule has 24 heavy (non-hydrogen) atoms. The highest BCUT2D eigenvalue weighted by molar-refractivity contribution is 9.10. The van der Waals surface area contributed by atoms with Crippen LogP contribution in [-0.2, 0) is 0 Å². The van der Waals surface area contributed by atoms with Gasteiger partial charge in [-0.25, -0.2) is 4.39 Å². The largest absolute Gasteiger partial charge is 0.350 e. The van der Waals surface area contributed by atoms with E-state index in [1.54, 1.807) is 6.07 Å². The van der Waals surface area contributed by atoms with Crippen LogP contribution < -0.4 is 5.32 Å². The van der Waals surface area contributed by atoms with Gasteiger partial charge in [-0.3, -0.25) is 9.69 Å². The molecule has 0 bridgehead atoms. The lowest BCUT2D eigenvalue weighted by atomic mass is 10.0. The second-order valence-electron chi connectivity index (χ2n) is 5.48. The molecule has 2 aromatic carbocycles. The first-order valence-corrected chi connectivity index (χ1v) is 8.88. The van der Waals surface area contributed by atoms with E-state index in [9.17, 15) is 9.18 Å². The number of rotatable bonds is 7. The van der Waals surface area contributed by atoms with Gasteiger partial charge in [0, 0.05) is 11.0 Å². The molecule has 128 valence electrons. The number of amides is 1. The van der Waals surface area contributed by atoms with Crippen molar-refractivity contribution in [2.75, 3.05) is 19.6 Å². The zero-order valence-corrected chi connectivity index (χ0v) is 15.5. The molecule has 2 aromatic rings. The molecule has 0 aliphatic rings. The molecule has 0 saturated heterocycles. The van der Waals surface area contributed by atoms with Crippen LogP contribution in [-0.4, -0.2) is 30.4 Å². The van der Waals surface area contributed by atoms with Crippen LogP contribution in [0.5, 0.6) is 0 Å². The van der Waals surface area contributed by atoms with Crippen LogP contribution in [0.25, 0.3) is 0 Å². The summed E-state index contributed by atoms with van der Waals surface area (Å²) < 4.78 is 14.5. The third-order valence-corrected chi connectivity index (χ3v) is 4.56. The summed E-state index contributed by atoms with van der Waals surface area (Å²) >= 11 is 3.27. The van der Waals surface area contributed by atoms with Gasteiger partial charge in [-0.15, -0.1) is 0 Å². The van der Waals surface area contributed by atoms with Crippen molar-refractivity contribution >= 4 is 21.8 Å². The van der Waals surface area contributed by atoms with Gasteiger partial charge in [0.15, 0.2) is 0 Å². The minimum absolute atomic E-state index is 0.0516. The highest BCUT2D eigenvalue weighted by Crippen LogP contribution is 2.20. The number of nitrogens with zero attached hydrogens (tertiary/aromatic N) is 1. The summed E-state index contributed by atoms with van der Waals surface area (Å²) in [4.78, 5) is 14.6. The van der Waals surface area contributed by atoms with Crippen LogP contribution in [0, 0.1) is 5.82 Å². The van der Waals surface area contributed by atoms with Crippen LogP contribution in [0.1, 0.15) is 35.8 Å². The lowest BCUT2D eigenvalue weighted by molar-refractivity contribution is 0.0931. The Morgan fingerprint density at radius 2 is 1.83 bits per heavy atom. The van der Waals surface area contributed by atoms with Crippen LogP contribution in [0.2, 0.25) is 0 Å². The van der Waals surface area contributed by atoms with Crippen LogP contribution >= 0.6 is 15.9 Å². The van der Waals surface area contributed by atoms with Gasteiger partial charge in [0.25, 0.3) is 5.91 Å². The number of likely N-dealkylation sites (N-methyl/N-ethyl adjacent to an activating group) is 1. The predicted octanol–water partition coefficient (Wildman–Crippen LogP) is 4.40. The van der Waals surface area contributed by atoms with Gasteiger partial charge in [-0.2, -0.15) is 0 Å². The number of benzene rings is 2. The lowest BCUT2D eigenvalue weighted by Gasteiger charge is -2.30. The Kier molecular flexibility index (Phi) is 6.94. The Hall–Kier alpha value is -1.72. The van der Waals surface area contributed by atoms with Crippen molar-refractivity contribution < 1.29 is 9.18 Å². The first-order chi connectivity index (χ1) is 11.6. The molecule has 0 aliphatic carbocycles. The number of carbonyl (C=O) groups excluding carboxylic acids is 1. The number of hydrogen-bond acceptors (Lipinski definition) is 2. The molecule has 1 unspecified atom stereocenters. The quantitative estimate of drug-likeness (QED) is 0.756. The van der Waals surface area contributed by atoms with Crippen LogP contribution in [0.3, 0.4) is 0 Å². The molecular formula is C19H22BrFN2O. The van der Waals surface area contributed by atoms with Gasteiger partial charge in [0.2, 0.25) is 0 Å². The van der Waals surface area contributed by atoms with E-state index in [0.29, 0.717) is 11.0 Å². The van der Waals surface area contributed by atoms with E-state index in [0.717, 1.165) is 18.7 Å². The molecule has 2 rings (SSSR count). The smallest absolute Gasteiger partial charge is 0.254 e. The highest BCUT2D eigenvalue weighted by atomic mass is 79.9. The third-order valence-electron chi connectivity index (χ3n) is 4.07. The van der Waals surface area contributed by atoms with Gasteiger partial charge in [0.05, 0.1) is 11.6 Å². The SMILES string of the molecule is CCN(CC)C(CNC(=O)c1cc(Br)ccc1F)c1ccccc1. The summed E-state index contributed by atoms with van der Waals surface area (Å²) in [6.07, 6.45) is 0. The lowest BCUT2D eigenvalue weighted by Crippen LogP contribution is -2.38. The fraction of sp³-hybridized carbons (Fsp3) is 0.316. The molecule has 0 fully saturated rings. The minimum Gasteiger partial charge on any atom is -0.350 e. The van der Waals surface area contributed by atoms with Gasteiger partial charge < -0.3 is 5.32 Å². The molecule has 0 radical (unpaired) electrons. The van der Waals surface area contributed by atoms with E-state index in [1.165, 1.54) is 12.1 Å². The zero-order chi connectivity index (χ0) is 17.5. The maximum Gasteiger partial charge on any atom is 0.254 e. The van der Waals surface area contributed by atoms with E-state index in [-0.39, 0.29) is 11.6 Å². The number of hydrogen-bond donors (Lipinski definition) is 1. The molecule has 0 aliphatic heterocycles. The molecular weight excluding hydrogens is 371 g/mol. The monoisotopic (exact) mass is 392 g/mol. The Balaban J connectivity index is 2.15. The molecule has 0 aromatic heterocycles. The number of halogens is 2. The van der Waals surface area contributed by atoms with Gasteiger partial charge in [0.1, 0.15) is 5.82 Å². The summed E-state index contributed by atoms with van der Waals surface area (Å²) in [5, 5.41) is 2.87. The topological polar surface area (TPSA) is 32.3 Å². The summed E-state index contributed by atoms with van der Waals surface area (Å²) in [5.74, 6) is -0.920. The number of carbonyl (C=O) groups is 1. The zero-order valence-electron chi connectivity index (χ0n) is 13.9. The van der Waals surface area contributed by atoms with Gasteiger partial charge >= 0.3 is 0 Å². The highest BCUT2D eigenvalue weighted by Gasteiger charge is 2.20. The summed E-state index contributed by atoms with van der Waals surface area (Å²) in [6, 6.07) is 14.5. The summed E-state index contributed by atoms with van der Waals surface area (Å²) in [5.41, 5.74) is 1.19. The molecule has 0 saturated carbocycles.